The van der Waals surface area contributed by atoms with Crippen molar-refractivity contribution >= 4 is 56.9 Å². The number of nitrogens with zero attached hydrogens (tertiary/aromatic N) is 1. The van der Waals surface area contributed by atoms with Gasteiger partial charge in [-0.15, -0.1) is 11.3 Å². The highest BCUT2D eigenvalue weighted by Crippen LogP contribution is 2.46. The van der Waals surface area contributed by atoms with Crippen LogP contribution in [0.4, 0.5) is 5.69 Å². The van der Waals surface area contributed by atoms with Crippen LogP contribution in [0.1, 0.15) is 47.3 Å². The van der Waals surface area contributed by atoms with Crippen LogP contribution in [-0.2, 0) is 14.3 Å². The third-order valence-corrected chi connectivity index (χ3v) is 8.52. The second-order valence-corrected chi connectivity index (χ2v) is 10.7. The summed E-state index contributed by atoms with van der Waals surface area (Å²) in [5.41, 5.74) is 2.46. The van der Waals surface area contributed by atoms with E-state index in [2.05, 4.69) is 15.9 Å². The van der Waals surface area contributed by atoms with Crippen molar-refractivity contribution in [1.82, 2.24) is 0 Å². The highest BCUT2D eigenvalue weighted by molar-refractivity contribution is 9.10. The van der Waals surface area contributed by atoms with E-state index < -0.39 is 18.5 Å². The molecule has 7 nitrogen and oxygen atoms in total. The number of rotatable bonds is 9. The summed E-state index contributed by atoms with van der Waals surface area (Å²) >= 11 is 4.64. The van der Waals surface area contributed by atoms with Gasteiger partial charge < -0.3 is 19.5 Å². The summed E-state index contributed by atoms with van der Waals surface area (Å²) in [6, 6.07) is 17.4. The number of hydrogen-bond donors (Lipinski definition) is 1. The van der Waals surface area contributed by atoms with Crippen LogP contribution in [-0.4, -0.2) is 42.7 Å². The van der Waals surface area contributed by atoms with Crippen LogP contribution < -0.4 is 9.64 Å². The van der Waals surface area contributed by atoms with Gasteiger partial charge in [0.1, 0.15) is 0 Å². The second-order valence-electron chi connectivity index (χ2n) is 8.87. The van der Waals surface area contributed by atoms with Gasteiger partial charge in [0, 0.05) is 17.8 Å². The molecule has 0 radical (unpaired) electrons. The number of hydrogen-bond acceptors (Lipinski definition) is 6. The average Bonchev–Trinajstić information content (AvgIpc) is 3.27. The molecule has 2 aromatic carbocycles. The van der Waals surface area contributed by atoms with Gasteiger partial charge in [-0.05, 0) is 58.1 Å². The molecule has 38 heavy (non-hydrogen) atoms. The fourth-order valence-electron chi connectivity index (χ4n) is 4.54. The lowest BCUT2D eigenvalue weighted by Crippen LogP contribution is -2.40. The predicted molar refractivity (Wildman–Crippen MR) is 152 cm³/mol. The molecule has 0 aliphatic heterocycles. The summed E-state index contributed by atoms with van der Waals surface area (Å²) in [5, 5.41) is 9.07. The lowest BCUT2D eigenvalue weighted by atomic mass is 9.93. The number of methoxy groups -OCH3 is 1. The number of amides is 1. The molecular weight excluding hydrogens is 570 g/mol. The number of carboxylic acid groups (broad SMARTS) is 1. The number of halogens is 1. The lowest BCUT2D eigenvalue weighted by Gasteiger charge is -2.34. The molecule has 1 heterocycles. The van der Waals surface area contributed by atoms with E-state index in [1.165, 1.54) is 7.11 Å². The monoisotopic (exact) mass is 597 g/mol. The molecule has 9 heteroatoms. The Morgan fingerprint density at radius 2 is 1.82 bits per heavy atom. The Labute approximate surface area is 233 Å². The summed E-state index contributed by atoms with van der Waals surface area (Å²) in [6.45, 7) is -0.601. The van der Waals surface area contributed by atoms with Gasteiger partial charge in [0.05, 0.1) is 16.5 Å². The van der Waals surface area contributed by atoms with E-state index in [-0.39, 0.29) is 22.6 Å². The second kappa shape index (κ2) is 12.9. The third-order valence-electron chi connectivity index (χ3n) is 6.30. The number of anilines is 1. The molecule has 1 saturated carbocycles. The van der Waals surface area contributed by atoms with Crippen molar-refractivity contribution in [3.05, 3.63) is 75.6 Å². The van der Waals surface area contributed by atoms with E-state index in [0.29, 0.717) is 9.35 Å². The maximum absolute atomic E-state index is 13.6. The van der Waals surface area contributed by atoms with Gasteiger partial charge in [0.25, 0.3) is 5.91 Å². The summed E-state index contributed by atoms with van der Waals surface area (Å²) in [6.07, 6.45) is 8.60. The van der Waals surface area contributed by atoms with Crippen LogP contribution in [0.5, 0.6) is 5.75 Å². The highest BCUT2D eigenvalue weighted by Gasteiger charge is 2.28. The number of thiophene rings is 1. The first-order valence-corrected chi connectivity index (χ1v) is 13.9. The van der Waals surface area contributed by atoms with Crippen molar-refractivity contribution in [3.8, 4) is 16.2 Å². The normalized spacial score (nSPS) is 13.8. The number of aliphatic carboxylic acids is 1. The van der Waals surface area contributed by atoms with Crippen molar-refractivity contribution in [2.45, 2.75) is 38.1 Å². The summed E-state index contributed by atoms with van der Waals surface area (Å²) in [7, 11) is 1.26. The van der Waals surface area contributed by atoms with Crippen molar-refractivity contribution in [2.75, 3.05) is 18.6 Å². The molecule has 1 aromatic heterocycles. The topological polar surface area (TPSA) is 93.1 Å². The fourth-order valence-corrected chi connectivity index (χ4v) is 6.50. The zero-order chi connectivity index (χ0) is 27.1. The standard InChI is InChI=1S/C29H28BrNO6S/c1-36-29(35)28-26(37-18-24(33)34)25(30)27(38-28)20-11-8-14-22(17-20)31(21-12-6-3-7-13-21)23(32)16-15-19-9-4-2-5-10-19/h2,4-5,8-11,14-17,21H,3,6-7,12-13,18H2,1H3,(H,33,34). The zero-order valence-electron chi connectivity index (χ0n) is 20.9. The quantitative estimate of drug-likeness (QED) is 0.215. The fraction of sp³-hybridized carbons (Fsp3) is 0.276. The number of carbonyl (C=O) groups excluding carboxylic acids is 2. The Bertz CT molecular complexity index is 1330. The number of esters is 1. The molecule has 4 rings (SSSR count). The molecule has 0 saturated heterocycles. The molecule has 1 N–H and O–H groups in total. The van der Waals surface area contributed by atoms with Crippen LogP contribution in [0.25, 0.3) is 16.5 Å². The van der Waals surface area contributed by atoms with Crippen molar-refractivity contribution in [3.63, 3.8) is 0 Å². The van der Waals surface area contributed by atoms with Crippen LogP contribution in [0.2, 0.25) is 0 Å². The Kier molecular flexibility index (Phi) is 9.36. The van der Waals surface area contributed by atoms with Gasteiger partial charge in [0.2, 0.25) is 0 Å². The zero-order valence-corrected chi connectivity index (χ0v) is 23.3. The van der Waals surface area contributed by atoms with E-state index in [9.17, 15) is 14.4 Å². The van der Waals surface area contributed by atoms with Crippen molar-refractivity contribution in [1.29, 1.82) is 0 Å². The average molecular weight is 599 g/mol. The summed E-state index contributed by atoms with van der Waals surface area (Å²) < 4.78 is 10.8. The predicted octanol–water partition coefficient (Wildman–Crippen LogP) is 6.81. The van der Waals surface area contributed by atoms with Gasteiger partial charge in [-0.3, -0.25) is 4.79 Å². The van der Waals surface area contributed by atoms with Crippen molar-refractivity contribution < 1.29 is 29.0 Å². The molecule has 198 valence electrons. The SMILES string of the molecule is COC(=O)c1sc(-c2cccc(N(C(=O)C=Cc3ccccc3)C3CCCCC3)c2)c(Br)c1OCC(=O)O. The number of carboxylic acids is 1. The molecule has 1 fully saturated rings. The molecule has 3 aromatic rings. The number of benzene rings is 2. The largest absolute Gasteiger partial charge is 0.479 e. The summed E-state index contributed by atoms with van der Waals surface area (Å²) in [5.74, 6) is -1.75. The minimum absolute atomic E-state index is 0.0822. The summed E-state index contributed by atoms with van der Waals surface area (Å²) in [4.78, 5) is 39.8. The van der Waals surface area contributed by atoms with Gasteiger partial charge in [-0.2, -0.15) is 0 Å². The molecule has 0 unspecified atom stereocenters. The molecule has 1 aliphatic carbocycles. The van der Waals surface area contributed by atoms with Crippen LogP contribution in [0.3, 0.4) is 0 Å². The Balaban J connectivity index is 1.72. The van der Waals surface area contributed by atoms with E-state index in [1.807, 2.05) is 65.6 Å². The van der Waals surface area contributed by atoms with Crippen molar-refractivity contribution in [2.24, 2.45) is 0 Å². The van der Waals surface area contributed by atoms with Crippen LogP contribution in [0, 0.1) is 0 Å². The van der Waals surface area contributed by atoms with Gasteiger partial charge in [-0.1, -0.05) is 61.7 Å². The van der Waals surface area contributed by atoms with Crippen LogP contribution >= 0.6 is 27.3 Å². The minimum Gasteiger partial charge on any atom is -0.479 e. The van der Waals surface area contributed by atoms with E-state index in [0.717, 1.165) is 60.3 Å². The van der Waals surface area contributed by atoms with E-state index >= 15 is 0 Å². The number of ether oxygens (including phenoxy) is 2. The van der Waals surface area contributed by atoms with Gasteiger partial charge >= 0.3 is 11.9 Å². The third kappa shape index (κ3) is 6.52. The highest BCUT2D eigenvalue weighted by atomic mass is 79.9. The first-order chi connectivity index (χ1) is 18.4. The Morgan fingerprint density at radius 1 is 1.08 bits per heavy atom. The van der Waals surface area contributed by atoms with Gasteiger partial charge in [-0.25, -0.2) is 9.59 Å². The number of carbonyl (C=O) groups is 3. The smallest absolute Gasteiger partial charge is 0.351 e. The Morgan fingerprint density at radius 3 is 2.50 bits per heavy atom. The molecule has 0 atom stereocenters. The van der Waals surface area contributed by atoms with Gasteiger partial charge in [0.15, 0.2) is 17.2 Å². The first-order valence-electron chi connectivity index (χ1n) is 12.3. The lowest BCUT2D eigenvalue weighted by molar-refractivity contribution is -0.139. The maximum Gasteiger partial charge on any atom is 0.351 e. The molecule has 0 spiro atoms. The molecule has 1 aliphatic rings. The maximum atomic E-state index is 13.6. The van der Waals surface area contributed by atoms with E-state index in [1.54, 1.807) is 6.08 Å². The minimum atomic E-state index is -1.16. The molecular formula is C29H28BrNO6S. The Hall–Kier alpha value is -3.43. The van der Waals surface area contributed by atoms with Crippen LogP contribution in [0.15, 0.2) is 65.1 Å². The first kappa shape index (κ1) is 27.6. The van der Waals surface area contributed by atoms with E-state index in [4.69, 9.17) is 14.6 Å². The molecule has 1 amide bonds. The molecule has 0 bridgehead atoms.